The Kier molecular flexibility index (Phi) is 5.51. The summed E-state index contributed by atoms with van der Waals surface area (Å²) in [6.07, 6.45) is 5.13. The predicted octanol–water partition coefficient (Wildman–Crippen LogP) is 0.145. The molecule has 2 N–H and O–H groups in total. The number of nitrogens with zero attached hydrogens (tertiary/aromatic N) is 2. The van der Waals surface area contributed by atoms with E-state index >= 15 is 0 Å². The first-order valence-corrected chi connectivity index (χ1v) is 8.66. The molecule has 122 valence electrons. The van der Waals surface area contributed by atoms with Crippen molar-refractivity contribution in [3.63, 3.8) is 0 Å². The van der Waals surface area contributed by atoms with Crippen LogP contribution in [0.2, 0.25) is 0 Å². The molecule has 1 unspecified atom stereocenters. The number of β-amino-alcohol motifs (C(OH)–C–C–N with tert-alkyl or cyclic N) is 1. The summed E-state index contributed by atoms with van der Waals surface area (Å²) in [5.41, 5.74) is 0.328. The number of aliphatic hydroxyl groups excluding tert-OH is 1. The Balaban J connectivity index is 1.50. The Bertz CT molecular complexity index is 317. The second-order valence-electron chi connectivity index (χ2n) is 7.15. The lowest BCUT2D eigenvalue weighted by Crippen LogP contribution is -2.46. The molecular weight excluding hydrogens is 266 g/mol. The van der Waals surface area contributed by atoms with Crippen LogP contribution in [0.25, 0.3) is 0 Å². The average Bonchev–Trinajstić information content (AvgIpc) is 3.24. The lowest BCUT2D eigenvalue weighted by Gasteiger charge is -2.34. The predicted molar refractivity (Wildman–Crippen MR) is 83.5 cm³/mol. The molecule has 5 nitrogen and oxygen atoms in total. The van der Waals surface area contributed by atoms with Crippen molar-refractivity contribution in [1.82, 2.24) is 15.1 Å². The van der Waals surface area contributed by atoms with Crippen LogP contribution in [0.15, 0.2) is 0 Å². The largest absolute Gasteiger partial charge is 0.395 e. The third-order valence-corrected chi connectivity index (χ3v) is 5.18. The Hall–Kier alpha value is -0.200. The molecule has 3 fully saturated rings. The van der Waals surface area contributed by atoms with Crippen LogP contribution in [0.1, 0.15) is 25.7 Å². The fraction of sp³-hybridized carbons (Fsp3) is 1.00. The van der Waals surface area contributed by atoms with Crippen LogP contribution in [0.3, 0.4) is 0 Å². The van der Waals surface area contributed by atoms with Gasteiger partial charge >= 0.3 is 0 Å². The van der Waals surface area contributed by atoms with Gasteiger partial charge in [-0.05, 0) is 38.8 Å². The number of hydrogen-bond acceptors (Lipinski definition) is 5. The van der Waals surface area contributed by atoms with Crippen molar-refractivity contribution in [2.45, 2.75) is 31.7 Å². The maximum Gasteiger partial charge on any atom is 0.0558 e. The second kappa shape index (κ2) is 7.38. The minimum absolute atomic E-state index is 0.281. The first-order chi connectivity index (χ1) is 10.3. The molecule has 0 aromatic rings. The lowest BCUT2D eigenvalue weighted by molar-refractivity contribution is 0.108. The zero-order valence-corrected chi connectivity index (χ0v) is 13.2. The molecule has 0 aromatic carbocycles. The SMILES string of the molecule is OCCN1CCCN(CC2(CNC3CC3)CCOC2)CC1. The first-order valence-electron chi connectivity index (χ1n) is 8.66. The van der Waals surface area contributed by atoms with Crippen molar-refractivity contribution in [1.29, 1.82) is 0 Å². The highest BCUT2D eigenvalue weighted by atomic mass is 16.5. The van der Waals surface area contributed by atoms with Gasteiger partial charge in [-0.3, -0.25) is 4.90 Å². The quantitative estimate of drug-likeness (QED) is 0.700. The van der Waals surface area contributed by atoms with E-state index in [1.54, 1.807) is 0 Å². The van der Waals surface area contributed by atoms with Gasteiger partial charge in [0, 0.05) is 50.8 Å². The molecule has 21 heavy (non-hydrogen) atoms. The molecule has 3 rings (SSSR count). The van der Waals surface area contributed by atoms with Crippen molar-refractivity contribution < 1.29 is 9.84 Å². The van der Waals surface area contributed by atoms with Crippen molar-refractivity contribution >= 4 is 0 Å². The van der Waals surface area contributed by atoms with E-state index < -0.39 is 0 Å². The van der Waals surface area contributed by atoms with Gasteiger partial charge in [-0.25, -0.2) is 0 Å². The van der Waals surface area contributed by atoms with E-state index in [0.29, 0.717) is 5.41 Å². The summed E-state index contributed by atoms with van der Waals surface area (Å²) in [7, 11) is 0. The maximum absolute atomic E-state index is 9.09. The van der Waals surface area contributed by atoms with Crippen LogP contribution in [-0.2, 0) is 4.74 Å². The maximum atomic E-state index is 9.09. The standard InChI is InChI=1S/C16H31N3O2/c20-10-9-18-5-1-6-19(8-7-18)13-16(4-11-21-14-16)12-17-15-2-3-15/h15,17,20H,1-14H2. The number of aliphatic hydroxyl groups is 1. The smallest absolute Gasteiger partial charge is 0.0558 e. The van der Waals surface area contributed by atoms with Crippen LogP contribution in [-0.4, -0.2) is 86.6 Å². The normalized spacial score (nSPS) is 32.4. The van der Waals surface area contributed by atoms with E-state index in [1.807, 2.05) is 0 Å². The van der Waals surface area contributed by atoms with Crippen molar-refractivity contribution in [3.05, 3.63) is 0 Å². The highest BCUT2D eigenvalue weighted by molar-refractivity contribution is 4.92. The fourth-order valence-electron chi connectivity index (χ4n) is 3.64. The number of hydrogen-bond donors (Lipinski definition) is 2. The Morgan fingerprint density at radius 3 is 2.67 bits per heavy atom. The summed E-state index contributed by atoms with van der Waals surface area (Å²) < 4.78 is 5.74. The van der Waals surface area contributed by atoms with Crippen LogP contribution in [0, 0.1) is 5.41 Å². The molecule has 1 saturated carbocycles. The summed E-state index contributed by atoms with van der Waals surface area (Å²) >= 11 is 0. The number of nitrogens with one attached hydrogen (secondary N) is 1. The molecule has 1 atom stereocenters. The zero-order valence-electron chi connectivity index (χ0n) is 13.2. The van der Waals surface area contributed by atoms with Gasteiger partial charge in [0.1, 0.15) is 0 Å². The van der Waals surface area contributed by atoms with Crippen LogP contribution < -0.4 is 5.32 Å². The average molecular weight is 297 g/mol. The lowest BCUT2D eigenvalue weighted by atomic mass is 9.86. The summed E-state index contributed by atoms with van der Waals surface area (Å²) in [5, 5.41) is 12.8. The zero-order chi connectivity index (χ0) is 14.5. The van der Waals surface area contributed by atoms with Crippen molar-refractivity contribution in [2.24, 2.45) is 5.41 Å². The number of ether oxygens (including phenoxy) is 1. The molecule has 1 aliphatic carbocycles. The highest BCUT2D eigenvalue weighted by Crippen LogP contribution is 2.31. The Labute approximate surface area is 128 Å². The van der Waals surface area contributed by atoms with E-state index in [1.165, 1.54) is 38.8 Å². The Morgan fingerprint density at radius 2 is 1.95 bits per heavy atom. The van der Waals surface area contributed by atoms with Gasteiger partial charge in [0.2, 0.25) is 0 Å². The van der Waals surface area contributed by atoms with E-state index in [4.69, 9.17) is 9.84 Å². The monoisotopic (exact) mass is 297 g/mol. The summed E-state index contributed by atoms with van der Waals surface area (Å²) in [6.45, 7) is 9.77. The van der Waals surface area contributed by atoms with E-state index in [-0.39, 0.29) is 6.61 Å². The molecule has 2 heterocycles. The Morgan fingerprint density at radius 1 is 1.14 bits per heavy atom. The minimum Gasteiger partial charge on any atom is -0.395 e. The third-order valence-electron chi connectivity index (χ3n) is 5.18. The summed E-state index contributed by atoms with van der Waals surface area (Å²) in [5.74, 6) is 0. The van der Waals surface area contributed by atoms with Gasteiger partial charge in [0.15, 0.2) is 0 Å². The molecule has 0 aromatic heterocycles. The molecule has 0 spiro atoms. The third kappa shape index (κ3) is 4.63. The van der Waals surface area contributed by atoms with Crippen molar-refractivity contribution in [3.8, 4) is 0 Å². The van der Waals surface area contributed by atoms with Crippen LogP contribution in [0.5, 0.6) is 0 Å². The molecule has 2 aliphatic heterocycles. The minimum atomic E-state index is 0.281. The van der Waals surface area contributed by atoms with E-state index in [2.05, 4.69) is 15.1 Å². The van der Waals surface area contributed by atoms with Crippen LogP contribution in [0.4, 0.5) is 0 Å². The molecule has 0 radical (unpaired) electrons. The van der Waals surface area contributed by atoms with Gasteiger partial charge in [0.05, 0.1) is 13.2 Å². The summed E-state index contributed by atoms with van der Waals surface area (Å²) in [6, 6.07) is 0.784. The molecule has 0 amide bonds. The van der Waals surface area contributed by atoms with E-state index in [9.17, 15) is 0 Å². The van der Waals surface area contributed by atoms with Crippen LogP contribution >= 0.6 is 0 Å². The summed E-state index contributed by atoms with van der Waals surface area (Å²) in [4.78, 5) is 5.01. The molecule has 5 heteroatoms. The molecule has 2 saturated heterocycles. The van der Waals surface area contributed by atoms with Gasteiger partial charge in [0.25, 0.3) is 0 Å². The van der Waals surface area contributed by atoms with Gasteiger partial charge < -0.3 is 20.1 Å². The fourth-order valence-corrected chi connectivity index (χ4v) is 3.64. The molecule has 0 bridgehead atoms. The number of rotatable bonds is 7. The van der Waals surface area contributed by atoms with E-state index in [0.717, 1.165) is 52.0 Å². The van der Waals surface area contributed by atoms with Crippen molar-refractivity contribution in [2.75, 3.05) is 65.6 Å². The second-order valence-corrected chi connectivity index (χ2v) is 7.15. The van der Waals surface area contributed by atoms with Gasteiger partial charge in [-0.15, -0.1) is 0 Å². The topological polar surface area (TPSA) is 48.0 Å². The molecular formula is C16H31N3O2. The first kappa shape index (κ1) is 15.7. The van der Waals surface area contributed by atoms with Gasteiger partial charge in [-0.1, -0.05) is 0 Å². The van der Waals surface area contributed by atoms with Gasteiger partial charge in [-0.2, -0.15) is 0 Å². The molecule has 3 aliphatic rings. The highest BCUT2D eigenvalue weighted by Gasteiger charge is 2.38.